The Morgan fingerprint density at radius 3 is 2.56 bits per heavy atom. The number of hydrazone groups is 1. The Balaban J connectivity index is 1.66. The molecule has 0 aliphatic carbocycles. The Morgan fingerprint density at radius 2 is 1.91 bits per heavy atom. The molecule has 2 aliphatic heterocycles. The second-order valence-corrected chi connectivity index (χ2v) is 9.01. The second kappa shape index (κ2) is 8.48. The van der Waals surface area contributed by atoms with Gasteiger partial charge in [-0.25, -0.2) is 0 Å². The van der Waals surface area contributed by atoms with Crippen molar-refractivity contribution in [3.05, 3.63) is 58.6 Å². The van der Waals surface area contributed by atoms with E-state index in [-0.39, 0.29) is 30.1 Å². The van der Waals surface area contributed by atoms with Gasteiger partial charge >= 0.3 is 0 Å². The summed E-state index contributed by atoms with van der Waals surface area (Å²) in [4.78, 5) is 38.1. The van der Waals surface area contributed by atoms with E-state index in [1.165, 1.54) is 13.8 Å². The normalized spacial score (nSPS) is 19.2. The molecule has 1 spiro atoms. The van der Waals surface area contributed by atoms with Crippen LogP contribution >= 0.6 is 23.4 Å². The summed E-state index contributed by atoms with van der Waals surface area (Å²) in [6.45, 7) is 5.11. The highest BCUT2D eigenvalue weighted by Gasteiger charge is 2.61. The summed E-state index contributed by atoms with van der Waals surface area (Å²) in [5.41, 5.74) is 2.25. The molecule has 0 unspecified atom stereocenters. The van der Waals surface area contributed by atoms with Crippen molar-refractivity contribution in [1.82, 2.24) is 10.3 Å². The molecule has 0 saturated heterocycles. The fourth-order valence-electron chi connectivity index (χ4n) is 3.85. The van der Waals surface area contributed by atoms with Crippen LogP contribution in [0.25, 0.3) is 0 Å². The molecule has 4 rings (SSSR count). The first-order valence-corrected chi connectivity index (χ1v) is 11.1. The molecule has 10 heteroatoms. The lowest BCUT2D eigenvalue weighted by Crippen LogP contribution is -2.49. The van der Waals surface area contributed by atoms with E-state index in [4.69, 9.17) is 16.3 Å². The zero-order chi connectivity index (χ0) is 23.0. The molecule has 3 amide bonds. The van der Waals surface area contributed by atoms with Gasteiger partial charge in [0.2, 0.25) is 16.7 Å². The average Bonchev–Trinajstić information content (AvgIpc) is 3.22. The molecule has 0 bridgehead atoms. The Hall–Kier alpha value is -3.04. The molecule has 1 atom stereocenters. The largest absolute Gasteiger partial charge is 0.492 e. The topological polar surface area (TPSA) is 91.3 Å². The first-order chi connectivity index (χ1) is 15.2. The highest BCUT2D eigenvalue weighted by Crippen LogP contribution is 2.55. The number of nitrogens with zero attached hydrogens (tertiary/aromatic N) is 3. The van der Waals surface area contributed by atoms with Gasteiger partial charge in [0.05, 0.1) is 12.2 Å². The van der Waals surface area contributed by atoms with Gasteiger partial charge in [0.15, 0.2) is 5.17 Å². The van der Waals surface area contributed by atoms with Crippen LogP contribution in [0.15, 0.2) is 47.6 Å². The molecule has 32 heavy (non-hydrogen) atoms. The van der Waals surface area contributed by atoms with Crippen molar-refractivity contribution in [1.29, 1.82) is 0 Å². The van der Waals surface area contributed by atoms with E-state index in [0.29, 0.717) is 16.3 Å². The molecule has 166 valence electrons. The monoisotopic (exact) mass is 472 g/mol. The number of carbonyl (C=O) groups is 3. The van der Waals surface area contributed by atoms with Crippen molar-refractivity contribution in [3.8, 4) is 5.75 Å². The van der Waals surface area contributed by atoms with Crippen molar-refractivity contribution in [2.24, 2.45) is 5.10 Å². The van der Waals surface area contributed by atoms with Crippen LogP contribution in [0, 0.1) is 6.92 Å². The van der Waals surface area contributed by atoms with Gasteiger partial charge in [0.25, 0.3) is 5.91 Å². The molecule has 0 fully saturated rings. The minimum atomic E-state index is -1.41. The Kier molecular flexibility index (Phi) is 5.87. The summed E-state index contributed by atoms with van der Waals surface area (Å²) in [5.74, 6) is -0.415. The third-order valence-electron chi connectivity index (χ3n) is 5.12. The van der Waals surface area contributed by atoms with Gasteiger partial charge in [-0.05, 0) is 48.5 Å². The van der Waals surface area contributed by atoms with Crippen LogP contribution in [-0.2, 0) is 19.3 Å². The number of carbonyl (C=O) groups excluding carboxylic acids is 3. The molecule has 8 nitrogen and oxygen atoms in total. The zero-order valence-electron chi connectivity index (χ0n) is 17.7. The van der Waals surface area contributed by atoms with Gasteiger partial charge < -0.3 is 15.0 Å². The Labute approximate surface area is 194 Å². The number of ether oxygens (including phenoxy) is 1. The maximum atomic E-state index is 13.8. The number of para-hydroxylation sites is 1. The van der Waals surface area contributed by atoms with Crippen LogP contribution in [0.3, 0.4) is 0 Å². The molecule has 2 aromatic rings. The van der Waals surface area contributed by atoms with Gasteiger partial charge in [-0.1, -0.05) is 29.8 Å². The molecule has 1 N–H and O–H groups in total. The van der Waals surface area contributed by atoms with Crippen LogP contribution in [0.4, 0.5) is 5.69 Å². The van der Waals surface area contributed by atoms with Crippen LogP contribution in [0.1, 0.15) is 25.0 Å². The average molecular weight is 473 g/mol. The smallest absolute Gasteiger partial charge is 0.270 e. The minimum Gasteiger partial charge on any atom is -0.492 e. The molecular weight excluding hydrogens is 452 g/mol. The van der Waals surface area contributed by atoms with Crippen LogP contribution in [0.5, 0.6) is 5.75 Å². The van der Waals surface area contributed by atoms with Gasteiger partial charge in [-0.3, -0.25) is 14.4 Å². The number of anilines is 1. The number of hydrogen-bond donors (Lipinski definition) is 1. The molecule has 0 aromatic heterocycles. The number of hydrogen-bond acceptors (Lipinski definition) is 6. The first kappa shape index (κ1) is 22.2. The lowest BCUT2D eigenvalue weighted by atomic mass is 10.0. The predicted molar refractivity (Wildman–Crippen MR) is 124 cm³/mol. The van der Waals surface area contributed by atoms with Crippen molar-refractivity contribution in [3.63, 3.8) is 0 Å². The number of halogens is 1. The highest BCUT2D eigenvalue weighted by atomic mass is 35.5. The van der Waals surface area contributed by atoms with E-state index < -0.39 is 10.8 Å². The van der Waals surface area contributed by atoms with E-state index >= 15 is 0 Å². The number of amides is 3. The Morgan fingerprint density at radius 1 is 1.19 bits per heavy atom. The number of nitrogens with one attached hydrogen (secondary N) is 1. The van der Waals surface area contributed by atoms with Crippen molar-refractivity contribution >= 4 is 51.9 Å². The quantitative estimate of drug-likeness (QED) is 0.737. The van der Waals surface area contributed by atoms with Gasteiger partial charge in [-0.2, -0.15) is 5.01 Å². The molecular formula is C22H21ClN4O4S. The van der Waals surface area contributed by atoms with Crippen molar-refractivity contribution < 1.29 is 19.1 Å². The highest BCUT2D eigenvalue weighted by molar-refractivity contribution is 8.15. The number of benzene rings is 2. The fraction of sp³-hybridized carbons (Fsp3) is 0.273. The van der Waals surface area contributed by atoms with E-state index in [9.17, 15) is 14.4 Å². The summed E-state index contributed by atoms with van der Waals surface area (Å²) in [7, 11) is 0. The molecule has 2 aromatic carbocycles. The molecule has 0 radical (unpaired) electrons. The number of thioether (sulfide) groups is 1. The number of amidine groups is 1. The third kappa shape index (κ3) is 3.71. The molecule has 2 heterocycles. The summed E-state index contributed by atoms with van der Waals surface area (Å²) >= 11 is 6.97. The molecule has 2 aliphatic rings. The van der Waals surface area contributed by atoms with Crippen molar-refractivity contribution in [2.75, 3.05) is 18.1 Å². The fourth-order valence-corrected chi connectivity index (χ4v) is 5.30. The number of aryl methyl sites for hydroxylation is 1. The molecule has 0 saturated carbocycles. The standard InChI is InChI=1S/C22H21ClN4O4S/c1-13-5-4-6-18-19(13)26(11-12-31-17-9-7-16(23)8-10-17)20(30)22(18)27(15(3)29)25-21(32-22)24-14(2)28/h4-10H,11-12H2,1-3H3,(H,24,25,28)/t22-/m1/s1. The summed E-state index contributed by atoms with van der Waals surface area (Å²) < 4.78 is 5.80. The zero-order valence-corrected chi connectivity index (χ0v) is 19.3. The van der Waals surface area contributed by atoms with E-state index in [1.807, 2.05) is 25.1 Å². The number of rotatable bonds is 4. The summed E-state index contributed by atoms with van der Waals surface area (Å²) in [6, 6.07) is 12.5. The second-order valence-electron chi connectivity index (χ2n) is 7.39. The number of fused-ring (bicyclic) bond motifs is 2. The minimum absolute atomic E-state index is 0.202. The third-order valence-corrected chi connectivity index (χ3v) is 6.61. The van der Waals surface area contributed by atoms with Crippen LogP contribution in [-0.4, -0.2) is 41.0 Å². The predicted octanol–water partition coefficient (Wildman–Crippen LogP) is 3.23. The maximum absolute atomic E-state index is 13.8. The Bertz CT molecular complexity index is 1140. The summed E-state index contributed by atoms with van der Waals surface area (Å²) in [5, 5.41) is 8.82. The van der Waals surface area contributed by atoms with Gasteiger partial charge in [0, 0.05) is 24.4 Å². The lowest BCUT2D eigenvalue weighted by Gasteiger charge is -2.29. The van der Waals surface area contributed by atoms with Crippen molar-refractivity contribution in [2.45, 2.75) is 25.6 Å². The van der Waals surface area contributed by atoms with E-state index in [0.717, 1.165) is 28.0 Å². The first-order valence-electron chi connectivity index (χ1n) is 9.90. The van der Waals surface area contributed by atoms with E-state index in [1.54, 1.807) is 29.2 Å². The van der Waals surface area contributed by atoms with Gasteiger partial charge in [-0.15, -0.1) is 5.10 Å². The summed E-state index contributed by atoms with van der Waals surface area (Å²) in [6.07, 6.45) is 0. The van der Waals surface area contributed by atoms with Crippen LogP contribution in [0.2, 0.25) is 5.02 Å². The van der Waals surface area contributed by atoms with Crippen LogP contribution < -0.4 is 15.0 Å². The van der Waals surface area contributed by atoms with E-state index in [2.05, 4.69) is 10.4 Å². The maximum Gasteiger partial charge on any atom is 0.270 e. The SMILES string of the molecule is CC(=O)NC1=NN(C(C)=O)[C@]2(S1)C(=O)N(CCOc1ccc(Cl)cc1)c1c(C)cccc12. The van der Waals surface area contributed by atoms with Gasteiger partial charge in [0.1, 0.15) is 12.4 Å². The lowest BCUT2D eigenvalue weighted by molar-refractivity contribution is -0.139.